The highest BCUT2D eigenvalue weighted by Crippen LogP contribution is 2.35. The van der Waals surface area contributed by atoms with Crippen LogP contribution in [0.15, 0.2) is 36.4 Å². The number of hydrogen-bond donors (Lipinski definition) is 1. The number of primary amides is 1. The van der Waals surface area contributed by atoms with Crippen LogP contribution >= 0.6 is 0 Å². The highest BCUT2D eigenvalue weighted by Gasteiger charge is 2.31. The summed E-state index contributed by atoms with van der Waals surface area (Å²) in [5.74, 6) is -0.661. The number of carbonyl (C=O) groups is 1. The Hall–Kier alpha value is -2.34. The van der Waals surface area contributed by atoms with E-state index in [1.54, 1.807) is 18.2 Å². The van der Waals surface area contributed by atoms with Gasteiger partial charge in [-0.05, 0) is 62.3 Å². The van der Waals surface area contributed by atoms with Crippen LogP contribution in [-0.4, -0.2) is 31.4 Å². The lowest BCUT2D eigenvalue weighted by atomic mass is 9.90. The zero-order valence-corrected chi connectivity index (χ0v) is 14.4. The van der Waals surface area contributed by atoms with Gasteiger partial charge in [0.2, 0.25) is 5.91 Å². The van der Waals surface area contributed by atoms with Crippen molar-refractivity contribution < 1.29 is 18.0 Å². The van der Waals surface area contributed by atoms with Gasteiger partial charge < -0.3 is 10.6 Å². The second kappa shape index (κ2) is 7.27. The highest BCUT2D eigenvalue weighted by molar-refractivity contribution is 6.00. The Morgan fingerprint density at radius 2 is 1.76 bits per heavy atom. The lowest BCUT2D eigenvalue weighted by Gasteiger charge is -2.18. The first kappa shape index (κ1) is 19.0. The van der Waals surface area contributed by atoms with Gasteiger partial charge in [-0.3, -0.25) is 4.79 Å². The van der Waals surface area contributed by atoms with E-state index in [1.165, 1.54) is 6.07 Å². The molecule has 0 radical (unpaired) electrons. The molecule has 0 unspecified atom stereocenters. The molecule has 1 amide bonds. The second-order valence-electron chi connectivity index (χ2n) is 6.34. The van der Waals surface area contributed by atoms with Crippen molar-refractivity contribution in [3.05, 3.63) is 58.7 Å². The van der Waals surface area contributed by atoms with E-state index in [-0.39, 0.29) is 5.56 Å². The molecule has 0 saturated carbocycles. The van der Waals surface area contributed by atoms with Crippen LogP contribution in [0.4, 0.5) is 13.2 Å². The van der Waals surface area contributed by atoms with E-state index in [0.717, 1.165) is 23.3 Å². The van der Waals surface area contributed by atoms with Gasteiger partial charge in [0.25, 0.3) is 0 Å². The van der Waals surface area contributed by atoms with Crippen LogP contribution in [0.2, 0.25) is 0 Å². The summed E-state index contributed by atoms with van der Waals surface area (Å²) in [5, 5.41) is 0. The lowest BCUT2D eigenvalue weighted by molar-refractivity contribution is -0.137. The van der Waals surface area contributed by atoms with Crippen molar-refractivity contribution in [3.8, 4) is 11.1 Å². The smallest absolute Gasteiger partial charge is 0.366 e. The Balaban J connectivity index is 2.68. The molecule has 0 bridgehead atoms. The molecule has 0 aliphatic carbocycles. The zero-order chi connectivity index (χ0) is 18.8. The Bertz CT molecular complexity index is 783. The number of nitrogens with zero attached hydrogens (tertiary/aromatic N) is 1. The van der Waals surface area contributed by atoms with E-state index in [9.17, 15) is 18.0 Å². The van der Waals surface area contributed by atoms with Gasteiger partial charge in [0.05, 0.1) is 5.56 Å². The number of likely N-dealkylation sites (N-methyl/N-ethyl adjacent to an activating group) is 1. The molecule has 0 fully saturated rings. The maximum absolute atomic E-state index is 13.2. The molecule has 0 spiro atoms. The molecule has 2 aromatic rings. The Morgan fingerprint density at radius 3 is 2.32 bits per heavy atom. The van der Waals surface area contributed by atoms with Gasteiger partial charge in [0.1, 0.15) is 0 Å². The monoisotopic (exact) mass is 350 g/mol. The molecule has 3 nitrogen and oxygen atoms in total. The molecule has 0 aromatic heterocycles. The van der Waals surface area contributed by atoms with E-state index in [1.807, 2.05) is 25.9 Å². The predicted molar refractivity (Wildman–Crippen MR) is 92.4 cm³/mol. The molecule has 6 heteroatoms. The van der Waals surface area contributed by atoms with E-state index in [2.05, 4.69) is 0 Å². The van der Waals surface area contributed by atoms with Crippen LogP contribution in [0.5, 0.6) is 0 Å². The van der Waals surface area contributed by atoms with E-state index in [4.69, 9.17) is 5.73 Å². The standard InChI is InChI=1S/C19H21F3N2O/c1-12-4-7-15(18(23)25)17(10-12)16-11-14(19(20,21)22)6-5-13(16)8-9-24(2)3/h4-7,10-11H,8-9H2,1-3H3,(H2,23,25). The quantitative estimate of drug-likeness (QED) is 0.889. The average molecular weight is 350 g/mol. The van der Waals surface area contributed by atoms with Gasteiger partial charge in [0.15, 0.2) is 0 Å². The summed E-state index contributed by atoms with van der Waals surface area (Å²) >= 11 is 0. The van der Waals surface area contributed by atoms with Crippen molar-refractivity contribution in [2.75, 3.05) is 20.6 Å². The molecular weight excluding hydrogens is 329 g/mol. The minimum Gasteiger partial charge on any atom is -0.366 e. The molecule has 2 aromatic carbocycles. The van der Waals surface area contributed by atoms with Crippen LogP contribution in [0, 0.1) is 6.92 Å². The molecule has 134 valence electrons. The first-order valence-electron chi connectivity index (χ1n) is 7.85. The third-order valence-electron chi connectivity index (χ3n) is 4.00. The van der Waals surface area contributed by atoms with Gasteiger partial charge in [-0.15, -0.1) is 0 Å². The first-order chi connectivity index (χ1) is 11.6. The minimum absolute atomic E-state index is 0.219. The molecule has 0 aliphatic rings. The molecule has 0 saturated heterocycles. The van der Waals surface area contributed by atoms with Gasteiger partial charge in [-0.2, -0.15) is 13.2 Å². The van der Waals surface area contributed by atoms with Gasteiger partial charge in [-0.25, -0.2) is 0 Å². The summed E-state index contributed by atoms with van der Waals surface area (Å²) in [4.78, 5) is 13.7. The fraction of sp³-hybridized carbons (Fsp3) is 0.316. The van der Waals surface area contributed by atoms with Crippen molar-refractivity contribution in [1.82, 2.24) is 4.90 Å². The van der Waals surface area contributed by atoms with Crippen LogP contribution in [0.1, 0.15) is 27.0 Å². The van der Waals surface area contributed by atoms with Gasteiger partial charge >= 0.3 is 6.18 Å². The minimum atomic E-state index is -4.45. The lowest BCUT2D eigenvalue weighted by Crippen LogP contribution is -2.17. The summed E-state index contributed by atoms with van der Waals surface area (Å²) in [6.07, 6.45) is -3.89. The number of rotatable bonds is 5. The van der Waals surface area contributed by atoms with Crippen molar-refractivity contribution in [3.63, 3.8) is 0 Å². The van der Waals surface area contributed by atoms with Crippen LogP contribution in [0.25, 0.3) is 11.1 Å². The van der Waals surface area contributed by atoms with Crippen LogP contribution in [0.3, 0.4) is 0 Å². The third kappa shape index (κ3) is 4.60. The summed E-state index contributed by atoms with van der Waals surface area (Å²) < 4.78 is 39.5. The number of aryl methyl sites for hydroxylation is 1. The molecule has 0 aliphatic heterocycles. The largest absolute Gasteiger partial charge is 0.416 e. The van der Waals surface area contributed by atoms with Crippen molar-refractivity contribution >= 4 is 5.91 Å². The van der Waals surface area contributed by atoms with Gasteiger partial charge in [0, 0.05) is 12.1 Å². The molecular formula is C19H21F3N2O. The summed E-state index contributed by atoms with van der Waals surface area (Å²) in [6.45, 7) is 2.50. The number of hydrogen-bond acceptors (Lipinski definition) is 2. The molecule has 2 N–H and O–H groups in total. The van der Waals surface area contributed by atoms with E-state index in [0.29, 0.717) is 24.1 Å². The topological polar surface area (TPSA) is 46.3 Å². The molecule has 2 rings (SSSR count). The fourth-order valence-corrected chi connectivity index (χ4v) is 2.66. The number of alkyl halides is 3. The maximum Gasteiger partial charge on any atom is 0.416 e. The number of halogens is 3. The average Bonchev–Trinajstić information content (AvgIpc) is 2.51. The second-order valence-corrected chi connectivity index (χ2v) is 6.34. The van der Waals surface area contributed by atoms with Crippen LogP contribution in [-0.2, 0) is 12.6 Å². The molecule has 25 heavy (non-hydrogen) atoms. The number of amides is 1. The maximum atomic E-state index is 13.2. The predicted octanol–water partition coefficient (Wildman–Crippen LogP) is 3.88. The molecule has 0 heterocycles. The van der Waals surface area contributed by atoms with Crippen LogP contribution < -0.4 is 5.73 Å². The first-order valence-corrected chi connectivity index (χ1v) is 7.85. The Labute approximate surface area is 145 Å². The zero-order valence-electron chi connectivity index (χ0n) is 14.4. The number of nitrogens with two attached hydrogens (primary N) is 1. The van der Waals surface area contributed by atoms with Gasteiger partial charge in [-0.1, -0.05) is 23.8 Å². The SMILES string of the molecule is Cc1ccc(C(N)=O)c(-c2cc(C(F)(F)F)ccc2CCN(C)C)c1. The van der Waals surface area contributed by atoms with E-state index >= 15 is 0 Å². The van der Waals surface area contributed by atoms with Crippen molar-refractivity contribution in [2.24, 2.45) is 5.73 Å². The summed E-state index contributed by atoms with van der Waals surface area (Å²) in [7, 11) is 3.79. The fourth-order valence-electron chi connectivity index (χ4n) is 2.66. The normalized spacial score (nSPS) is 11.8. The highest BCUT2D eigenvalue weighted by atomic mass is 19.4. The Morgan fingerprint density at radius 1 is 1.08 bits per heavy atom. The number of benzene rings is 2. The summed E-state index contributed by atoms with van der Waals surface area (Å²) in [6, 6.07) is 8.64. The van der Waals surface area contributed by atoms with E-state index < -0.39 is 17.6 Å². The third-order valence-corrected chi connectivity index (χ3v) is 4.00. The molecule has 0 atom stereocenters. The summed E-state index contributed by atoms with van der Waals surface area (Å²) in [5.41, 5.74) is 7.33. The van der Waals surface area contributed by atoms with Crippen molar-refractivity contribution in [2.45, 2.75) is 19.5 Å². The van der Waals surface area contributed by atoms with Crippen molar-refractivity contribution in [1.29, 1.82) is 0 Å². The Kier molecular flexibility index (Phi) is 5.52. The number of carbonyl (C=O) groups excluding carboxylic acids is 1.